The smallest absolute Gasteiger partial charge is 0.0654 e. The van der Waals surface area contributed by atoms with Crippen molar-refractivity contribution < 1.29 is 4.18 Å². The molecule has 1 heterocycles. The zero-order chi connectivity index (χ0) is 7.61. The highest BCUT2D eigenvalue weighted by Crippen LogP contribution is 2.35. The Morgan fingerprint density at radius 1 is 1.80 bits per heavy atom. The van der Waals surface area contributed by atoms with Crippen molar-refractivity contribution in [2.24, 2.45) is 11.3 Å². The summed E-state index contributed by atoms with van der Waals surface area (Å²) in [4.78, 5) is 0. The third-order valence-electron chi connectivity index (χ3n) is 2.18. The SMILES string of the molecule is C#CC1(C)CSOCC1C. The van der Waals surface area contributed by atoms with Crippen molar-refractivity contribution in [2.75, 3.05) is 12.4 Å². The van der Waals surface area contributed by atoms with E-state index in [2.05, 4.69) is 19.8 Å². The summed E-state index contributed by atoms with van der Waals surface area (Å²) in [5.41, 5.74) is 0.0446. The number of hydrogen-bond acceptors (Lipinski definition) is 2. The first-order valence-electron chi connectivity index (χ1n) is 3.41. The minimum atomic E-state index is 0.0446. The molecule has 1 saturated heterocycles. The molecule has 2 atom stereocenters. The zero-order valence-corrected chi connectivity index (χ0v) is 7.20. The molecule has 2 unspecified atom stereocenters. The number of hydrogen-bond donors (Lipinski definition) is 0. The second kappa shape index (κ2) is 2.86. The maximum Gasteiger partial charge on any atom is 0.0654 e. The molecule has 0 aliphatic carbocycles. The van der Waals surface area contributed by atoms with Gasteiger partial charge in [0.05, 0.1) is 6.61 Å². The van der Waals surface area contributed by atoms with Crippen LogP contribution in [-0.2, 0) is 4.18 Å². The third-order valence-corrected chi connectivity index (χ3v) is 3.20. The van der Waals surface area contributed by atoms with Gasteiger partial charge in [-0.25, -0.2) is 0 Å². The van der Waals surface area contributed by atoms with Crippen LogP contribution in [0, 0.1) is 23.7 Å². The molecule has 2 heteroatoms. The van der Waals surface area contributed by atoms with E-state index in [0.29, 0.717) is 5.92 Å². The van der Waals surface area contributed by atoms with Crippen LogP contribution >= 0.6 is 12.0 Å². The topological polar surface area (TPSA) is 9.23 Å². The number of terminal acetylenes is 1. The molecule has 1 nitrogen and oxygen atoms in total. The summed E-state index contributed by atoms with van der Waals surface area (Å²) >= 11 is 1.49. The summed E-state index contributed by atoms with van der Waals surface area (Å²) < 4.78 is 5.20. The lowest BCUT2D eigenvalue weighted by Gasteiger charge is -2.33. The summed E-state index contributed by atoms with van der Waals surface area (Å²) in [5, 5.41) is 0. The molecule has 1 aliphatic heterocycles. The molecule has 0 amide bonds. The Kier molecular flexibility index (Phi) is 2.28. The summed E-state index contributed by atoms with van der Waals surface area (Å²) in [6, 6.07) is 0. The zero-order valence-electron chi connectivity index (χ0n) is 6.39. The van der Waals surface area contributed by atoms with Gasteiger partial charge in [-0.3, -0.25) is 0 Å². The molecule has 0 bridgehead atoms. The van der Waals surface area contributed by atoms with Gasteiger partial charge in [0.25, 0.3) is 0 Å². The van der Waals surface area contributed by atoms with Crippen molar-refractivity contribution in [3.63, 3.8) is 0 Å². The summed E-state index contributed by atoms with van der Waals surface area (Å²) in [5.74, 6) is 4.24. The Balaban J connectivity index is 2.65. The lowest BCUT2D eigenvalue weighted by molar-refractivity contribution is 0.189. The van der Waals surface area contributed by atoms with Crippen LogP contribution in [0.15, 0.2) is 0 Å². The van der Waals surface area contributed by atoms with Gasteiger partial charge in [0.15, 0.2) is 0 Å². The van der Waals surface area contributed by atoms with Crippen molar-refractivity contribution in [2.45, 2.75) is 13.8 Å². The van der Waals surface area contributed by atoms with Crippen molar-refractivity contribution >= 4 is 12.0 Å². The van der Waals surface area contributed by atoms with E-state index in [1.807, 2.05) is 0 Å². The summed E-state index contributed by atoms with van der Waals surface area (Å²) in [7, 11) is 0. The van der Waals surface area contributed by atoms with Crippen LogP contribution < -0.4 is 0 Å². The summed E-state index contributed by atoms with van der Waals surface area (Å²) in [6.45, 7) is 5.04. The first kappa shape index (κ1) is 7.97. The first-order chi connectivity index (χ1) is 4.69. The molecule has 1 aliphatic rings. The van der Waals surface area contributed by atoms with Gasteiger partial charge < -0.3 is 4.18 Å². The molecule has 1 fully saturated rings. The van der Waals surface area contributed by atoms with Crippen LogP contribution in [0.5, 0.6) is 0 Å². The normalized spacial score (nSPS) is 40.7. The molecule has 56 valence electrons. The molecule has 0 N–H and O–H groups in total. The minimum Gasteiger partial charge on any atom is -0.315 e. The van der Waals surface area contributed by atoms with E-state index in [4.69, 9.17) is 10.6 Å². The van der Waals surface area contributed by atoms with Gasteiger partial charge in [0.1, 0.15) is 0 Å². The van der Waals surface area contributed by atoms with Crippen LogP contribution in [0.1, 0.15) is 13.8 Å². The van der Waals surface area contributed by atoms with Gasteiger partial charge in [-0.05, 0) is 24.9 Å². The minimum absolute atomic E-state index is 0.0446. The van der Waals surface area contributed by atoms with E-state index in [1.165, 1.54) is 12.0 Å². The first-order valence-corrected chi connectivity index (χ1v) is 4.32. The Bertz CT molecular complexity index is 161. The average molecular weight is 156 g/mol. The monoisotopic (exact) mass is 156 g/mol. The highest BCUT2D eigenvalue weighted by atomic mass is 32.2. The second-order valence-electron chi connectivity index (χ2n) is 3.01. The molecule has 0 radical (unpaired) electrons. The largest absolute Gasteiger partial charge is 0.315 e. The molecule has 0 saturated carbocycles. The van der Waals surface area contributed by atoms with Crippen molar-refractivity contribution in [1.29, 1.82) is 0 Å². The molecule has 0 aromatic carbocycles. The second-order valence-corrected chi connectivity index (χ2v) is 3.77. The fourth-order valence-electron chi connectivity index (χ4n) is 0.824. The standard InChI is InChI=1S/C8H12OS/c1-4-8(3)6-10-9-5-7(8)2/h1,7H,5-6H2,2-3H3. The molecule has 10 heavy (non-hydrogen) atoms. The molecule has 0 aromatic heterocycles. The maximum atomic E-state index is 5.41. The van der Waals surface area contributed by atoms with Gasteiger partial charge in [-0.1, -0.05) is 12.8 Å². The van der Waals surface area contributed by atoms with E-state index in [0.717, 1.165) is 12.4 Å². The van der Waals surface area contributed by atoms with E-state index >= 15 is 0 Å². The molecule has 0 spiro atoms. The number of rotatable bonds is 0. The van der Waals surface area contributed by atoms with Crippen LogP contribution in [-0.4, -0.2) is 12.4 Å². The Morgan fingerprint density at radius 2 is 2.50 bits per heavy atom. The van der Waals surface area contributed by atoms with Crippen molar-refractivity contribution in [3.8, 4) is 12.3 Å². The molecular formula is C8H12OS. The van der Waals surface area contributed by atoms with Gasteiger partial charge in [0.2, 0.25) is 0 Å². The predicted molar refractivity (Wildman–Crippen MR) is 44.5 cm³/mol. The van der Waals surface area contributed by atoms with Crippen molar-refractivity contribution in [1.82, 2.24) is 0 Å². The van der Waals surface area contributed by atoms with E-state index in [1.54, 1.807) is 0 Å². The summed E-state index contributed by atoms with van der Waals surface area (Å²) in [6.07, 6.45) is 5.41. The highest BCUT2D eigenvalue weighted by Gasteiger charge is 2.32. The maximum absolute atomic E-state index is 5.41. The fraction of sp³-hybridized carbons (Fsp3) is 0.750. The van der Waals surface area contributed by atoms with Gasteiger partial charge in [-0.15, -0.1) is 6.42 Å². The lowest BCUT2D eigenvalue weighted by Crippen LogP contribution is -2.32. The van der Waals surface area contributed by atoms with Gasteiger partial charge >= 0.3 is 0 Å². The molecule has 0 aromatic rings. The van der Waals surface area contributed by atoms with Crippen molar-refractivity contribution in [3.05, 3.63) is 0 Å². The predicted octanol–water partition coefficient (Wildman–Crippen LogP) is 1.94. The van der Waals surface area contributed by atoms with Crippen LogP contribution in [0.25, 0.3) is 0 Å². The van der Waals surface area contributed by atoms with E-state index in [9.17, 15) is 0 Å². The Labute approximate surface area is 66.7 Å². The van der Waals surface area contributed by atoms with Gasteiger partial charge in [-0.2, -0.15) is 0 Å². The average Bonchev–Trinajstić information content (AvgIpc) is 1.96. The Hall–Kier alpha value is -0.130. The van der Waals surface area contributed by atoms with Gasteiger partial charge in [0, 0.05) is 11.2 Å². The fourth-order valence-corrected chi connectivity index (χ4v) is 1.82. The lowest BCUT2D eigenvalue weighted by atomic mass is 9.81. The quantitative estimate of drug-likeness (QED) is 0.391. The highest BCUT2D eigenvalue weighted by molar-refractivity contribution is 7.94. The Morgan fingerprint density at radius 3 is 2.90 bits per heavy atom. The van der Waals surface area contributed by atoms with E-state index in [-0.39, 0.29) is 5.41 Å². The van der Waals surface area contributed by atoms with Crippen LogP contribution in [0.3, 0.4) is 0 Å². The third kappa shape index (κ3) is 1.31. The molecule has 1 rings (SSSR count). The van der Waals surface area contributed by atoms with E-state index < -0.39 is 0 Å². The van der Waals surface area contributed by atoms with Crippen LogP contribution in [0.4, 0.5) is 0 Å². The molecular weight excluding hydrogens is 144 g/mol. The van der Waals surface area contributed by atoms with Crippen LogP contribution in [0.2, 0.25) is 0 Å².